The van der Waals surface area contributed by atoms with Gasteiger partial charge in [0, 0.05) is 18.9 Å². The number of hydrogen-bond donors (Lipinski definition) is 2. The molecule has 0 spiro atoms. The topological polar surface area (TPSA) is 50.1 Å². The van der Waals surface area contributed by atoms with E-state index >= 15 is 0 Å². The Morgan fingerprint density at radius 2 is 2.07 bits per heavy atom. The number of imidazole rings is 1. The van der Waals surface area contributed by atoms with Gasteiger partial charge in [-0.1, -0.05) is 0 Å². The Labute approximate surface area is 88.2 Å². The molecule has 0 amide bonds. The molecule has 2 rings (SSSR count). The molecule has 4 heteroatoms. The summed E-state index contributed by atoms with van der Waals surface area (Å²) in [5, 5.41) is 12.4. The van der Waals surface area contributed by atoms with Crippen molar-refractivity contribution < 1.29 is 5.11 Å². The minimum absolute atomic E-state index is 0.279. The quantitative estimate of drug-likeness (QED) is 0.747. The fourth-order valence-corrected chi connectivity index (χ4v) is 1.33. The third-order valence-corrected chi connectivity index (χ3v) is 2.26. The van der Waals surface area contributed by atoms with Gasteiger partial charge in [-0.3, -0.25) is 0 Å². The number of phenols is 1. The Kier molecular flexibility index (Phi) is 2.58. The van der Waals surface area contributed by atoms with Crippen molar-refractivity contribution >= 4 is 5.69 Å². The van der Waals surface area contributed by atoms with Gasteiger partial charge >= 0.3 is 0 Å². The first kappa shape index (κ1) is 9.58. The van der Waals surface area contributed by atoms with Crippen LogP contribution < -0.4 is 5.32 Å². The number of anilines is 1. The summed E-state index contributed by atoms with van der Waals surface area (Å²) < 4.78 is 1.97. The Morgan fingerprint density at radius 3 is 2.67 bits per heavy atom. The number of aryl methyl sites for hydroxylation is 1. The van der Waals surface area contributed by atoms with Gasteiger partial charge in [0.2, 0.25) is 0 Å². The summed E-state index contributed by atoms with van der Waals surface area (Å²) in [5.41, 5.74) is 2.09. The number of hydrogen-bond acceptors (Lipinski definition) is 3. The van der Waals surface area contributed by atoms with Crippen LogP contribution in [0.3, 0.4) is 0 Å². The molecule has 0 aliphatic heterocycles. The third-order valence-electron chi connectivity index (χ3n) is 2.26. The molecule has 0 fully saturated rings. The highest BCUT2D eigenvalue weighted by molar-refractivity contribution is 5.46. The summed E-state index contributed by atoms with van der Waals surface area (Å²) in [4.78, 5) is 4.03. The molecule has 0 saturated carbocycles. The first-order valence-electron chi connectivity index (χ1n) is 4.74. The lowest BCUT2D eigenvalue weighted by Gasteiger charge is -2.06. The van der Waals surface area contributed by atoms with E-state index in [2.05, 4.69) is 10.3 Å². The molecule has 0 unspecified atom stereocenters. The lowest BCUT2D eigenvalue weighted by atomic mass is 10.3. The predicted molar refractivity (Wildman–Crippen MR) is 58.6 cm³/mol. The van der Waals surface area contributed by atoms with E-state index < -0.39 is 0 Å². The van der Waals surface area contributed by atoms with E-state index in [1.807, 2.05) is 29.9 Å². The van der Waals surface area contributed by atoms with Crippen LogP contribution in [0.15, 0.2) is 36.8 Å². The maximum Gasteiger partial charge on any atom is 0.115 e. The molecular formula is C11H13N3O. The molecule has 2 N–H and O–H groups in total. The summed E-state index contributed by atoms with van der Waals surface area (Å²) in [6, 6.07) is 6.99. The van der Waals surface area contributed by atoms with Crippen molar-refractivity contribution in [1.29, 1.82) is 0 Å². The van der Waals surface area contributed by atoms with Crippen LogP contribution in [0.2, 0.25) is 0 Å². The summed E-state index contributed by atoms with van der Waals surface area (Å²) >= 11 is 0. The Morgan fingerprint density at radius 1 is 1.33 bits per heavy atom. The highest BCUT2D eigenvalue weighted by Crippen LogP contribution is 2.14. The Hall–Kier alpha value is -1.97. The van der Waals surface area contributed by atoms with Crippen molar-refractivity contribution in [3.63, 3.8) is 0 Å². The third kappa shape index (κ3) is 2.28. The van der Waals surface area contributed by atoms with Crippen LogP contribution in [-0.2, 0) is 13.6 Å². The Balaban J connectivity index is 1.99. The van der Waals surface area contributed by atoms with E-state index in [1.165, 1.54) is 0 Å². The molecule has 0 aliphatic rings. The molecule has 78 valence electrons. The summed E-state index contributed by atoms with van der Waals surface area (Å²) in [5.74, 6) is 0.279. The van der Waals surface area contributed by atoms with E-state index in [4.69, 9.17) is 5.11 Å². The monoisotopic (exact) mass is 203 g/mol. The largest absolute Gasteiger partial charge is 0.508 e. The SMILES string of the molecule is Cn1cncc1CNc1ccc(O)cc1. The average molecular weight is 203 g/mol. The lowest BCUT2D eigenvalue weighted by Crippen LogP contribution is -2.03. The maximum atomic E-state index is 9.11. The highest BCUT2D eigenvalue weighted by Gasteiger charge is 1.97. The number of rotatable bonds is 3. The molecule has 1 aromatic heterocycles. The zero-order valence-electron chi connectivity index (χ0n) is 8.51. The second kappa shape index (κ2) is 4.04. The van der Waals surface area contributed by atoms with Crippen molar-refractivity contribution in [2.75, 3.05) is 5.32 Å². The predicted octanol–water partition coefficient (Wildman–Crippen LogP) is 1.74. The fourth-order valence-electron chi connectivity index (χ4n) is 1.33. The second-order valence-electron chi connectivity index (χ2n) is 3.40. The maximum absolute atomic E-state index is 9.11. The molecule has 0 bridgehead atoms. The molecule has 15 heavy (non-hydrogen) atoms. The van der Waals surface area contributed by atoms with E-state index in [9.17, 15) is 0 Å². The minimum Gasteiger partial charge on any atom is -0.508 e. The van der Waals surface area contributed by atoms with Crippen molar-refractivity contribution in [1.82, 2.24) is 9.55 Å². The molecule has 2 aromatic rings. The number of benzene rings is 1. The van der Waals surface area contributed by atoms with Crippen LogP contribution in [0.25, 0.3) is 0 Å². The van der Waals surface area contributed by atoms with Crippen LogP contribution in [0.5, 0.6) is 5.75 Å². The molecule has 0 atom stereocenters. The van der Waals surface area contributed by atoms with Gasteiger partial charge in [0.15, 0.2) is 0 Å². The minimum atomic E-state index is 0.279. The van der Waals surface area contributed by atoms with Crippen molar-refractivity contribution in [2.24, 2.45) is 7.05 Å². The molecule has 4 nitrogen and oxygen atoms in total. The first-order valence-corrected chi connectivity index (χ1v) is 4.74. The first-order chi connectivity index (χ1) is 7.25. The summed E-state index contributed by atoms with van der Waals surface area (Å²) in [6.07, 6.45) is 3.60. The fraction of sp³-hybridized carbons (Fsp3) is 0.182. The average Bonchev–Trinajstić information content (AvgIpc) is 2.63. The van der Waals surface area contributed by atoms with Crippen molar-refractivity contribution in [3.8, 4) is 5.75 Å². The van der Waals surface area contributed by atoms with Crippen LogP contribution in [0.4, 0.5) is 5.69 Å². The Bertz CT molecular complexity index is 433. The lowest BCUT2D eigenvalue weighted by molar-refractivity contribution is 0.475. The van der Waals surface area contributed by atoms with Crippen LogP contribution >= 0.6 is 0 Å². The van der Waals surface area contributed by atoms with E-state index in [0.717, 1.165) is 17.9 Å². The van der Waals surface area contributed by atoms with Crippen molar-refractivity contribution in [2.45, 2.75) is 6.54 Å². The molecule has 0 radical (unpaired) electrons. The zero-order valence-corrected chi connectivity index (χ0v) is 8.51. The van der Waals surface area contributed by atoms with Gasteiger partial charge in [0.05, 0.1) is 18.6 Å². The van der Waals surface area contributed by atoms with Gasteiger partial charge in [-0.15, -0.1) is 0 Å². The summed E-state index contributed by atoms with van der Waals surface area (Å²) in [7, 11) is 1.96. The van der Waals surface area contributed by atoms with Crippen LogP contribution in [0, 0.1) is 0 Å². The van der Waals surface area contributed by atoms with Gasteiger partial charge in [0.25, 0.3) is 0 Å². The smallest absolute Gasteiger partial charge is 0.115 e. The highest BCUT2D eigenvalue weighted by atomic mass is 16.3. The molecule has 1 aromatic carbocycles. The molecule has 0 aliphatic carbocycles. The number of aromatic hydroxyl groups is 1. The van der Waals surface area contributed by atoms with Gasteiger partial charge in [0.1, 0.15) is 5.75 Å². The van der Waals surface area contributed by atoms with Crippen LogP contribution in [-0.4, -0.2) is 14.7 Å². The van der Waals surface area contributed by atoms with E-state index in [0.29, 0.717) is 0 Å². The normalized spacial score (nSPS) is 10.2. The van der Waals surface area contributed by atoms with Gasteiger partial charge in [-0.05, 0) is 24.3 Å². The van der Waals surface area contributed by atoms with Gasteiger partial charge in [-0.25, -0.2) is 4.98 Å². The number of nitrogens with one attached hydrogen (secondary N) is 1. The van der Waals surface area contributed by atoms with Crippen LogP contribution in [0.1, 0.15) is 5.69 Å². The number of aromatic nitrogens is 2. The van der Waals surface area contributed by atoms with Crippen molar-refractivity contribution in [3.05, 3.63) is 42.5 Å². The molecule has 0 saturated heterocycles. The van der Waals surface area contributed by atoms with Gasteiger partial charge < -0.3 is 15.0 Å². The molecule has 1 heterocycles. The van der Waals surface area contributed by atoms with Gasteiger partial charge in [-0.2, -0.15) is 0 Å². The van der Waals surface area contributed by atoms with E-state index in [-0.39, 0.29) is 5.75 Å². The zero-order chi connectivity index (χ0) is 10.7. The number of nitrogens with zero attached hydrogens (tertiary/aromatic N) is 2. The standard InChI is InChI=1S/C11H13N3O/c1-14-8-12-6-10(14)7-13-9-2-4-11(15)5-3-9/h2-6,8,13,15H,7H2,1H3. The second-order valence-corrected chi connectivity index (χ2v) is 3.40. The van der Waals surface area contributed by atoms with E-state index in [1.54, 1.807) is 18.5 Å². The molecular weight excluding hydrogens is 190 g/mol. The number of phenolic OH excluding ortho intramolecular Hbond substituents is 1. The summed E-state index contributed by atoms with van der Waals surface area (Å²) in [6.45, 7) is 0.723.